The van der Waals surface area contributed by atoms with Crippen molar-refractivity contribution in [1.29, 1.82) is 0 Å². The topological polar surface area (TPSA) is 106 Å². The van der Waals surface area contributed by atoms with Gasteiger partial charge in [0.15, 0.2) is 6.10 Å². The molecule has 0 fully saturated rings. The minimum Gasteiger partial charge on any atom is -0.481 e. The highest BCUT2D eigenvalue weighted by Gasteiger charge is 2.18. The summed E-state index contributed by atoms with van der Waals surface area (Å²) >= 11 is 5.86. The highest BCUT2D eigenvalue weighted by Crippen LogP contribution is 2.19. The van der Waals surface area contributed by atoms with E-state index in [-0.39, 0.29) is 19.0 Å². The van der Waals surface area contributed by atoms with Crippen LogP contribution >= 0.6 is 11.6 Å². The molecule has 3 N–H and O–H groups in total. The second-order valence-electron chi connectivity index (χ2n) is 7.99. The first-order valence-corrected chi connectivity index (χ1v) is 10.5. The van der Waals surface area contributed by atoms with Crippen LogP contribution in [0, 0.1) is 0 Å². The fourth-order valence-electron chi connectivity index (χ4n) is 2.52. The number of benzene rings is 2. The molecule has 0 bridgehead atoms. The molecule has 2 aromatic rings. The van der Waals surface area contributed by atoms with Crippen molar-refractivity contribution in [3.63, 3.8) is 0 Å². The first-order valence-electron chi connectivity index (χ1n) is 10.1. The molecule has 0 aromatic heterocycles. The zero-order valence-corrected chi connectivity index (χ0v) is 19.3. The number of rotatable bonds is 8. The molecule has 172 valence electrons. The summed E-state index contributed by atoms with van der Waals surface area (Å²) in [4.78, 5) is 36.3. The van der Waals surface area contributed by atoms with Gasteiger partial charge in [-0.25, -0.2) is 4.79 Å². The SMILES string of the molecule is CC(Oc1ccc(Cl)cc1)C(=O)Nc1ccccc1CNC(=O)CNC(=O)OC(C)(C)C. The van der Waals surface area contributed by atoms with Crippen LogP contribution in [0.3, 0.4) is 0 Å². The first kappa shape index (κ1) is 25.0. The molecule has 0 heterocycles. The minimum absolute atomic E-state index is 0.164. The van der Waals surface area contributed by atoms with Crippen molar-refractivity contribution >= 4 is 35.2 Å². The Balaban J connectivity index is 1.87. The summed E-state index contributed by atoms with van der Waals surface area (Å²) in [5.41, 5.74) is 0.598. The quantitative estimate of drug-likeness (QED) is 0.553. The van der Waals surface area contributed by atoms with Crippen molar-refractivity contribution in [3.05, 3.63) is 59.1 Å². The van der Waals surface area contributed by atoms with Crippen LogP contribution in [-0.2, 0) is 20.9 Å². The number of nitrogens with one attached hydrogen (secondary N) is 3. The zero-order chi connectivity index (χ0) is 23.7. The number of carbonyl (C=O) groups excluding carboxylic acids is 3. The Morgan fingerprint density at radius 2 is 1.66 bits per heavy atom. The van der Waals surface area contributed by atoms with Gasteiger partial charge in [0.25, 0.3) is 5.91 Å². The molecule has 2 rings (SSSR count). The zero-order valence-electron chi connectivity index (χ0n) is 18.5. The average Bonchev–Trinajstić information content (AvgIpc) is 2.72. The largest absolute Gasteiger partial charge is 0.481 e. The van der Waals surface area contributed by atoms with Crippen LogP contribution in [0.25, 0.3) is 0 Å². The molecule has 32 heavy (non-hydrogen) atoms. The number of anilines is 1. The van der Waals surface area contributed by atoms with E-state index in [1.54, 1.807) is 76.2 Å². The smallest absolute Gasteiger partial charge is 0.408 e. The van der Waals surface area contributed by atoms with E-state index in [1.165, 1.54) is 0 Å². The summed E-state index contributed by atoms with van der Waals surface area (Å²) in [6.45, 7) is 6.78. The number of alkyl carbamates (subject to hydrolysis) is 1. The van der Waals surface area contributed by atoms with E-state index in [9.17, 15) is 14.4 Å². The van der Waals surface area contributed by atoms with Gasteiger partial charge in [-0.2, -0.15) is 0 Å². The van der Waals surface area contributed by atoms with Crippen molar-refractivity contribution in [1.82, 2.24) is 10.6 Å². The van der Waals surface area contributed by atoms with Gasteiger partial charge in [-0.05, 0) is 63.6 Å². The minimum atomic E-state index is -0.753. The maximum absolute atomic E-state index is 12.6. The number of hydrogen-bond donors (Lipinski definition) is 3. The predicted molar refractivity (Wildman–Crippen MR) is 123 cm³/mol. The highest BCUT2D eigenvalue weighted by atomic mass is 35.5. The van der Waals surface area contributed by atoms with Crippen LogP contribution in [0.15, 0.2) is 48.5 Å². The molecule has 0 radical (unpaired) electrons. The van der Waals surface area contributed by atoms with Crippen LogP contribution in [0.1, 0.15) is 33.3 Å². The third kappa shape index (κ3) is 8.85. The summed E-state index contributed by atoms with van der Waals surface area (Å²) in [6.07, 6.45) is -1.42. The number of halogens is 1. The number of para-hydroxylation sites is 1. The number of amides is 3. The number of carbonyl (C=O) groups is 3. The molecule has 1 unspecified atom stereocenters. The monoisotopic (exact) mass is 461 g/mol. The van der Waals surface area contributed by atoms with Crippen LogP contribution in [0.4, 0.5) is 10.5 Å². The van der Waals surface area contributed by atoms with Gasteiger partial charge >= 0.3 is 6.09 Å². The van der Waals surface area contributed by atoms with E-state index in [0.717, 1.165) is 0 Å². The lowest BCUT2D eigenvalue weighted by atomic mass is 10.1. The molecule has 0 aliphatic rings. The number of hydrogen-bond acceptors (Lipinski definition) is 5. The van der Waals surface area contributed by atoms with Crippen LogP contribution in [0.2, 0.25) is 5.02 Å². The molecule has 1 atom stereocenters. The van der Waals surface area contributed by atoms with Gasteiger partial charge in [-0.3, -0.25) is 9.59 Å². The molecule has 8 nitrogen and oxygen atoms in total. The standard InChI is InChI=1S/C23H28ClN3O5/c1-15(31-18-11-9-17(24)10-12-18)21(29)27-19-8-6-5-7-16(19)13-25-20(28)14-26-22(30)32-23(2,3)4/h5-12,15H,13-14H2,1-4H3,(H,25,28)(H,26,30)(H,27,29). The van der Waals surface area contributed by atoms with Crippen molar-refractivity contribution in [2.45, 2.75) is 45.9 Å². The van der Waals surface area contributed by atoms with E-state index in [4.69, 9.17) is 21.1 Å². The fourth-order valence-corrected chi connectivity index (χ4v) is 2.65. The van der Waals surface area contributed by atoms with E-state index < -0.39 is 23.7 Å². The Kier molecular flexibility index (Phi) is 8.90. The lowest BCUT2D eigenvalue weighted by Gasteiger charge is -2.19. The Hall–Kier alpha value is -3.26. The lowest BCUT2D eigenvalue weighted by Crippen LogP contribution is -2.39. The summed E-state index contributed by atoms with van der Waals surface area (Å²) in [7, 11) is 0. The Bertz CT molecular complexity index is 941. The first-order chi connectivity index (χ1) is 15.0. The summed E-state index contributed by atoms with van der Waals surface area (Å²) in [5.74, 6) is -0.211. The summed E-state index contributed by atoms with van der Waals surface area (Å²) in [6, 6.07) is 13.8. The molecular formula is C23H28ClN3O5. The van der Waals surface area contributed by atoms with Gasteiger partial charge < -0.3 is 25.4 Å². The van der Waals surface area contributed by atoms with Gasteiger partial charge in [0, 0.05) is 17.3 Å². The van der Waals surface area contributed by atoms with Gasteiger partial charge in [-0.15, -0.1) is 0 Å². The average molecular weight is 462 g/mol. The fraction of sp³-hybridized carbons (Fsp3) is 0.348. The molecule has 0 aliphatic heterocycles. The van der Waals surface area contributed by atoms with Gasteiger partial charge in [0.2, 0.25) is 5.91 Å². The van der Waals surface area contributed by atoms with Gasteiger partial charge in [0.1, 0.15) is 17.9 Å². The Labute approximate surface area is 192 Å². The van der Waals surface area contributed by atoms with Crippen LogP contribution in [-0.4, -0.2) is 36.2 Å². The second-order valence-corrected chi connectivity index (χ2v) is 8.43. The van der Waals surface area contributed by atoms with Crippen molar-refractivity contribution in [3.8, 4) is 5.75 Å². The normalized spacial score (nSPS) is 11.8. The molecule has 0 saturated carbocycles. The maximum Gasteiger partial charge on any atom is 0.408 e. The van der Waals surface area contributed by atoms with Crippen LogP contribution in [0.5, 0.6) is 5.75 Å². The molecular weight excluding hydrogens is 434 g/mol. The summed E-state index contributed by atoms with van der Waals surface area (Å²) < 4.78 is 10.7. The molecule has 2 aromatic carbocycles. The van der Waals surface area contributed by atoms with Crippen molar-refractivity contribution < 1.29 is 23.9 Å². The summed E-state index contributed by atoms with van der Waals surface area (Å²) in [5, 5.41) is 8.48. The third-order valence-corrected chi connectivity index (χ3v) is 4.29. The molecule has 0 aliphatic carbocycles. The predicted octanol–water partition coefficient (Wildman–Crippen LogP) is 3.89. The number of ether oxygens (including phenoxy) is 2. The van der Waals surface area contributed by atoms with E-state index >= 15 is 0 Å². The lowest BCUT2D eigenvalue weighted by molar-refractivity contribution is -0.122. The molecule has 0 saturated heterocycles. The van der Waals surface area contributed by atoms with E-state index in [1.807, 2.05) is 0 Å². The highest BCUT2D eigenvalue weighted by molar-refractivity contribution is 6.30. The third-order valence-electron chi connectivity index (χ3n) is 4.04. The van der Waals surface area contributed by atoms with Crippen LogP contribution < -0.4 is 20.7 Å². The molecule has 0 spiro atoms. The Morgan fingerprint density at radius 3 is 2.31 bits per heavy atom. The second kappa shape index (κ2) is 11.4. The van der Waals surface area contributed by atoms with E-state index in [2.05, 4.69) is 16.0 Å². The van der Waals surface area contributed by atoms with E-state index in [0.29, 0.717) is 22.0 Å². The van der Waals surface area contributed by atoms with Gasteiger partial charge in [-0.1, -0.05) is 29.8 Å². The van der Waals surface area contributed by atoms with Crippen molar-refractivity contribution in [2.75, 3.05) is 11.9 Å². The maximum atomic E-state index is 12.6. The van der Waals surface area contributed by atoms with Gasteiger partial charge in [0.05, 0.1) is 0 Å². The molecule has 9 heteroatoms. The van der Waals surface area contributed by atoms with Crippen molar-refractivity contribution in [2.24, 2.45) is 0 Å². The molecule has 3 amide bonds. The Morgan fingerprint density at radius 1 is 1.00 bits per heavy atom.